The molecule has 0 radical (unpaired) electrons. The smallest absolute Gasteiger partial charge is 0.167 e. The van der Waals surface area contributed by atoms with E-state index >= 15 is 0 Å². The third kappa shape index (κ3) is 3.27. The maximum absolute atomic E-state index is 5.76. The minimum absolute atomic E-state index is 0.157. The van der Waals surface area contributed by atoms with E-state index in [1.54, 1.807) is 4.68 Å². The van der Waals surface area contributed by atoms with Crippen molar-refractivity contribution < 1.29 is 4.74 Å². The molecule has 2 aromatic rings. The summed E-state index contributed by atoms with van der Waals surface area (Å²) in [5.74, 6) is 1.58. The van der Waals surface area contributed by atoms with E-state index in [2.05, 4.69) is 15.5 Å². The molecule has 1 atom stereocenters. The highest BCUT2D eigenvalue weighted by Gasteiger charge is 2.09. The van der Waals surface area contributed by atoms with Gasteiger partial charge in [-0.2, -0.15) is 0 Å². The molecule has 0 aliphatic heterocycles. The second-order valence-corrected chi connectivity index (χ2v) is 4.06. The summed E-state index contributed by atoms with van der Waals surface area (Å²) in [4.78, 5) is 0. The number of aryl methyl sites for hydroxylation is 1. The number of hydrogen-bond acceptors (Lipinski definition) is 5. The fourth-order valence-corrected chi connectivity index (χ4v) is 1.62. The average Bonchev–Trinajstić information content (AvgIpc) is 2.84. The monoisotopic (exact) mass is 247 g/mol. The lowest BCUT2D eigenvalue weighted by atomic mass is 10.3. The third-order valence-electron chi connectivity index (χ3n) is 2.49. The molecule has 6 heteroatoms. The Morgan fingerprint density at radius 1 is 1.33 bits per heavy atom. The van der Waals surface area contributed by atoms with Gasteiger partial charge in [-0.25, -0.2) is 4.68 Å². The summed E-state index contributed by atoms with van der Waals surface area (Å²) in [6.07, 6.45) is 0.833. The van der Waals surface area contributed by atoms with Gasteiger partial charge in [0.1, 0.15) is 5.75 Å². The van der Waals surface area contributed by atoms with Crippen LogP contribution in [0.4, 0.5) is 0 Å². The van der Waals surface area contributed by atoms with Gasteiger partial charge in [0.05, 0.1) is 12.6 Å². The topological polar surface area (TPSA) is 78.9 Å². The highest BCUT2D eigenvalue weighted by atomic mass is 16.5. The fourth-order valence-electron chi connectivity index (χ4n) is 1.62. The van der Waals surface area contributed by atoms with Crippen molar-refractivity contribution in [2.45, 2.75) is 25.9 Å². The van der Waals surface area contributed by atoms with Crippen LogP contribution in [-0.2, 0) is 6.54 Å². The van der Waals surface area contributed by atoms with Crippen molar-refractivity contribution in [3.63, 3.8) is 0 Å². The number of rotatable bonds is 6. The van der Waals surface area contributed by atoms with E-state index in [1.165, 1.54) is 0 Å². The predicted molar refractivity (Wildman–Crippen MR) is 67.0 cm³/mol. The summed E-state index contributed by atoms with van der Waals surface area (Å²) in [6, 6.07) is 9.57. The SMILES string of the molecule is CC(N)c1nnnn1CCCOc1ccccc1. The van der Waals surface area contributed by atoms with Crippen LogP contribution in [0, 0.1) is 0 Å². The molecule has 1 heterocycles. The molecule has 0 fully saturated rings. The summed E-state index contributed by atoms with van der Waals surface area (Å²) in [6.45, 7) is 3.20. The molecule has 18 heavy (non-hydrogen) atoms. The zero-order valence-corrected chi connectivity index (χ0v) is 10.4. The number of hydrogen-bond donors (Lipinski definition) is 1. The van der Waals surface area contributed by atoms with Gasteiger partial charge in [-0.05, 0) is 29.5 Å². The van der Waals surface area contributed by atoms with Crippen molar-refractivity contribution in [1.82, 2.24) is 20.2 Å². The number of ether oxygens (including phenoxy) is 1. The van der Waals surface area contributed by atoms with Crippen molar-refractivity contribution in [2.75, 3.05) is 6.61 Å². The standard InChI is InChI=1S/C12H17N5O/c1-10(13)12-14-15-16-17(12)8-5-9-18-11-6-3-2-4-7-11/h2-4,6-7,10H,5,8-9,13H2,1H3. The highest BCUT2D eigenvalue weighted by Crippen LogP contribution is 2.09. The molecule has 2 N–H and O–H groups in total. The van der Waals surface area contributed by atoms with Gasteiger partial charge in [0.2, 0.25) is 0 Å². The van der Waals surface area contributed by atoms with Gasteiger partial charge in [0.25, 0.3) is 0 Å². The van der Waals surface area contributed by atoms with Gasteiger partial charge in [-0.1, -0.05) is 18.2 Å². The van der Waals surface area contributed by atoms with Crippen LogP contribution in [-0.4, -0.2) is 26.8 Å². The molecule has 0 aliphatic rings. The van der Waals surface area contributed by atoms with Gasteiger partial charge in [0, 0.05) is 13.0 Å². The van der Waals surface area contributed by atoms with Crippen LogP contribution in [0.1, 0.15) is 25.2 Å². The number of para-hydroxylation sites is 1. The molecular formula is C12H17N5O. The Balaban J connectivity index is 1.77. The molecule has 1 unspecified atom stereocenters. The van der Waals surface area contributed by atoms with Gasteiger partial charge in [0.15, 0.2) is 5.82 Å². The summed E-state index contributed by atoms with van der Waals surface area (Å²) in [5, 5.41) is 11.4. The predicted octanol–water partition coefficient (Wildman–Crippen LogP) is 1.16. The van der Waals surface area contributed by atoms with Gasteiger partial charge in [-0.3, -0.25) is 0 Å². The lowest BCUT2D eigenvalue weighted by molar-refractivity contribution is 0.296. The molecule has 0 bridgehead atoms. The number of tetrazole rings is 1. The van der Waals surface area contributed by atoms with Gasteiger partial charge >= 0.3 is 0 Å². The van der Waals surface area contributed by atoms with Crippen LogP contribution < -0.4 is 10.5 Å². The molecule has 0 saturated carbocycles. The molecule has 0 saturated heterocycles. The first-order valence-corrected chi connectivity index (χ1v) is 5.97. The fraction of sp³-hybridized carbons (Fsp3) is 0.417. The number of aromatic nitrogens is 4. The van der Waals surface area contributed by atoms with Crippen LogP contribution >= 0.6 is 0 Å². The number of nitrogens with two attached hydrogens (primary N) is 1. The largest absolute Gasteiger partial charge is 0.494 e. The quantitative estimate of drug-likeness (QED) is 0.775. The molecule has 2 rings (SSSR count). The normalized spacial score (nSPS) is 12.3. The van der Waals surface area contributed by atoms with E-state index in [4.69, 9.17) is 10.5 Å². The first-order valence-electron chi connectivity index (χ1n) is 5.97. The third-order valence-corrected chi connectivity index (χ3v) is 2.49. The number of nitrogens with zero attached hydrogens (tertiary/aromatic N) is 4. The maximum Gasteiger partial charge on any atom is 0.167 e. The number of benzene rings is 1. The Labute approximate surface area is 106 Å². The lowest BCUT2D eigenvalue weighted by Gasteiger charge is -2.08. The molecular weight excluding hydrogens is 230 g/mol. The van der Waals surface area contributed by atoms with Crippen LogP contribution in [0.2, 0.25) is 0 Å². The Bertz CT molecular complexity index is 468. The summed E-state index contributed by atoms with van der Waals surface area (Å²) >= 11 is 0. The highest BCUT2D eigenvalue weighted by molar-refractivity contribution is 5.20. The van der Waals surface area contributed by atoms with Gasteiger partial charge < -0.3 is 10.5 Å². The van der Waals surface area contributed by atoms with Gasteiger partial charge in [-0.15, -0.1) is 5.10 Å². The Morgan fingerprint density at radius 2 is 2.11 bits per heavy atom. The minimum Gasteiger partial charge on any atom is -0.494 e. The van der Waals surface area contributed by atoms with Crippen molar-refractivity contribution in [3.05, 3.63) is 36.2 Å². The zero-order valence-electron chi connectivity index (χ0n) is 10.4. The summed E-state index contributed by atoms with van der Waals surface area (Å²) in [7, 11) is 0. The van der Waals surface area contributed by atoms with E-state index < -0.39 is 0 Å². The molecule has 1 aromatic heterocycles. The average molecular weight is 247 g/mol. The van der Waals surface area contributed by atoms with Crippen molar-refractivity contribution in [3.8, 4) is 5.75 Å². The van der Waals surface area contributed by atoms with Crippen molar-refractivity contribution in [2.24, 2.45) is 5.73 Å². The molecule has 0 spiro atoms. The van der Waals surface area contributed by atoms with E-state index in [9.17, 15) is 0 Å². The molecule has 6 nitrogen and oxygen atoms in total. The molecule has 0 aliphatic carbocycles. The second kappa shape index (κ2) is 6.11. The molecule has 1 aromatic carbocycles. The molecule has 0 amide bonds. The second-order valence-electron chi connectivity index (χ2n) is 4.06. The van der Waals surface area contributed by atoms with E-state index in [0.29, 0.717) is 19.0 Å². The van der Waals surface area contributed by atoms with E-state index in [-0.39, 0.29) is 6.04 Å². The molecule has 96 valence electrons. The van der Waals surface area contributed by atoms with Crippen LogP contribution in [0.15, 0.2) is 30.3 Å². The Hall–Kier alpha value is -1.95. The Kier molecular flexibility index (Phi) is 4.25. The zero-order chi connectivity index (χ0) is 12.8. The lowest BCUT2D eigenvalue weighted by Crippen LogP contribution is -2.15. The van der Waals surface area contributed by atoms with Crippen molar-refractivity contribution >= 4 is 0 Å². The van der Waals surface area contributed by atoms with Crippen LogP contribution in [0.3, 0.4) is 0 Å². The Morgan fingerprint density at radius 3 is 2.83 bits per heavy atom. The summed E-state index contributed by atoms with van der Waals surface area (Å²) < 4.78 is 7.31. The minimum atomic E-state index is -0.157. The van der Waals surface area contributed by atoms with Crippen molar-refractivity contribution in [1.29, 1.82) is 0 Å². The first kappa shape index (κ1) is 12.5. The maximum atomic E-state index is 5.76. The van der Waals surface area contributed by atoms with E-state index in [0.717, 1.165) is 12.2 Å². The van der Waals surface area contributed by atoms with Crippen LogP contribution in [0.5, 0.6) is 5.75 Å². The van der Waals surface area contributed by atoms with Crippen LogP contribution in [0.25, 0.3) is 0 Å². The summed E-state index contributed by atoms with van der Waals surface area (Å²) in [5.41, 5.74) is 5.76. The van der Waals surface area contributed by atoms with E-state index in [1.807, 2.05) is 37.3 Å². The first-order chi connectivity index (χ1) is 8.77.